The van der Waals surface area contributed by atoms with Gasteiger partial charge in [-0.2, -0.15) is 0 Å². The second-order valence-electron chi connectivity index (χ2n) is 12.9. The SMILES string of the molecule is c1ccc(-c2nc(-c3ccccc3)nc(-c3cc(-c4ccc(-c5ccc6ccccc6c5)cc4)c4c(c3)oc3cc5ccccc5cc34)n2)cc1. The number of fused-ring (bicyclic) bond motifs is 5. The van der Waals surface area contributed by atoms with Crippen LogP contribution in [-0.2, 0) is 0 Å². The van der Waals surface area contributed by atoms with Crippen LogP contribution in [0.15, 0.2) is 180 Å². The summed E-state index contributed by atoms with van der Waals surface area (Å²) < 4.78 is 6.68. The second kappa shape index (κ2) is 11.9. The number of aromatic nitrogens is 3. The quantitative estimate of drug-likeness (QED) is 0.186. The Morgan fingerprint density at radius 1 is 0.314 bits per heavy atom. The maximum Gasteiger partial charge on any atom is 0.164 e. The average molecular weight is 652 g/mol. The van der Waals surface area contributed by atoms with E-state index in [9.17, 15) is 0 Å². The summed E-state index contributed by atoms with van der Waals surface area (Å²) in [6, 6.07) is 61.2. The summed E-state index contributed by atoms with van der Waals surface area (Å²) in [5, 5.41) is 6.93. The van der Waals surface area contributed by atoms with Crippen LogP contribution in [0.5, 0.6) is 0 Å². The summed E-state index contributed by atoms with van der Waals surface area (Å²) in [5.74, 6) is 1.83. The van der Waals surface area contributed by atoms with E-state index in [2.05, 4.69) is 115 Å². The van der Waals surface area contributed by atoms with Crippen LogP contribution >= 0.6 is 0 Å². The summed E-state index contributed by atoms with van der Waals surface area (Å²) in [6.07, 6.45) is 0. The monoisotopic (exact) mass is 651 g/mol. The number of benzene rings is 8. The number of hydrogen-bond acceptors (Lipinski definition) is 4. The van der Waals surface area contributed by atoms with E-state index in [0.29, 0.717) is 17.5 Å². The van der Waals surface area contributed by atoms with Gasteiger partial charge in [0.1, 0.15) is 11.2 Å². The molecular weight excluding hydrogens is 623 g/mol. The summed E-state index contributed by atoms with van der Waals surface area (Å²) in [6.45, 7) is 0. The Hall–Kier alpha value is -6.91. The molecule has 0 unspecified atom stereocenters. The first kappa shape index (κ1) is 29.0. The molecule has 0 aliphatic carbocycles. The van der Waals surface area contributed by atoms with Crippen LogP contribution in [0.1, 0.15) is 0 Å². The first-order chi connectivity index (χ1) is 25.2. The molecule has 2 aromatic heterocycles. The summed E-state index contributed by atoms with van der Waals surface area (Å²) in [5.41, 5.74) is 8.85. The second-order valence-corrected chi connectivity index (χ2v) is 12.9. The number of nitrogens with zero attached hydrogens (tertiary/aromatic N) is 3. The van der Waals surface area contributed by atoms with Gasteiger partial charge in [0.2, 0.25) is 0 Å². The van der Waals surface area contributed by atoms with Crippen LogP contribution in [-0.4, -0.2) is 15.0 Å². The Morgan fingerprint density at radius 3 is 1.47 bits per heavy atom. The lowest BCUT2D eigenvalue weighted by Gasteiger charge is -2.11. The third-order valence-electron chi connectivity index (χ3n) is 9.68. The molecule has 4 nitrogen and oxygen atoms in total. The fourth-order valence-corrected chi connectivity index (χ4v) is 7.10. The van der Waals surface area contributed by atoms with Crippen molar-refractivity contribution in [3.63, 3.8) is 0 Å². The van der Waals surface area contributed by atoms with Gasteiger partial charge in [-0.3, -0.25) is 0 Å². The van der Waals surface area contributed by atoms with E-state index in [0.717, 1.165) is 60.7 Å². The normalized spacial score (nSPS) is 11.5. The predicted octanol–water partition coefficient (Wildman–Crippen LogP) is 12.4. The molecule has 0 fully saturated rings. The zero-order valence-electron chi connectivity index (χ0n) is 27.5. The van der Waals surface area contributed by atoms with Crippen LogP contribution in [0.3, 0.4) is 0 Å². The van der Waals surface area contributed by atoms with Gasteiger partial charge < -0.3 is 4.42 Å². The van der Waals surface area contributed by atoms with Gasteiger partial charge in [0, 0.05) is 27.5 Å². The molecule has 4 heteroatoms. The molecule has 0 N–H and O–H groups in total. The molecule has 0 aliphatic heterocycles. The van der Waals surface area contributed by atoms with Crippen molar-refractivity contribution in [2.45, 2.75) is 0 Å². The van der Waals surface area contributed by atoms with E-state index >= 15 is 0 Å². The van der Waals surface area contributed by atoms with Gasteiger partial charge in [-0.05, 0) is 74.1 Å². The third kappa shape index (κ3) is 5.22. The van der Waals surface area contributed by atoms with Crippen molar-refractivity contribution in [3.8, 4) is 56.4 Å². The molecule has 8 aromatic carbocycles. The molecule has 2 heterocycles. The lowest BCUT2D eigenvalue weighted by Crippen LogP contribution is -2.00. The van der Waals surface area contributed by atoms with Gasteiger partial charge in [0.05, 0.1) is 0 Å². The minimum Gasteiger partial charge on any atom is -0.456 e. The fraction of sp³-hybridized carbons (Fsp3) is 0. The van der Waals surface area contributed by atoms with E-state index in [1.807, 2.05) is 60.7 Å². The number of hydrogen-bond donors (Lipinski definition) is 0. The molecule has 0 radical (unpaired) electrons. The topological polar surface area (TPSA) is 51.8 Å². The van der Waals surface area contributed by atoms with E-state index in [-0.39, 0.29) is 0 Å². The average Bonchev–Trinajstić information content (AvgIpc) is 3.57. The summed E-state index contributed by atoms with van der Waals surface area (Å²) >= 11 is 0. The van der Waals surface area contributed by atoms with Crippen molar-refractivity contribution >= 4 is 43.5 Å². The van der Waals surface area contributed by atoms with Crippen molar-refractivity contribution in [1.29, 1.82) is 0 Å². The molecule has 0 bridgehead atoms. The van der Waals surface area contributed by atoms with Gasteiger partial charge >= 0.3 is 0 Å². The molecular formula is C47H29N3O. The number of furan rings is 1. The minimum atomic E-state index is 0.587. The first-order valence-corrected chi connectivity index (χ1v) is 17.1. The highest BCUT2D eigenvalue weighted by molar-refractivity contribution is 6.16. The highest BCUT2D eigenvalue weighted by atomic mass is 16.3. The van der Waals surface area contributed by atoms with Crippen LogP contribution in [0.2, 0.25) is 0 Å². The van der Waals surface area contributed by atoms with Gasteiger partial charge in [-0.25, -0.2) is 15.0 Å². The largest absolute Gasteiger partial charge is 0.456 e. The van der Waals surface area contributed by atoms with E-state index in [1.165, 1.54) is 21.7 Å². The van der Waals surface area contributed by atoms with Crippen LogP contribution in [0.4, 0.5) is 0 Å². The maximum atomic E-state index is 6.68. The van der Waals surface area contributed by atoms with Gasteiger partial charge in [0.15, 0.2) is 17.5 Å². The molecule has 51 heavy (non-hydrogen) atoms. The van der Waals surface area contributed by atoms with Gasteiger partial charge in [-0.15, -0.1) is 0 Å². The smallest absolute Gasteiger partial charge is 0.164 e. The van der Waals surface area contributed by atoms with Crippen molar-refractivity contribution in [1.82, 2.24) is 15.0 Å². The molecule has 0 amide bonds. The standard InChI is InChI=1S/C47H29N3O/c1-3-12-33(13-4-1)45-48-46(34-14-5-2-6-15-34)50-47(49-45)39-27-40(44-41-26-36-17-9-10-18-37(36)28-42(41)51-43(44)29-39)32-22-19-31(20-23-32)38-24-21-30-11-7-8-16-35(30)25-38/h1-29H. The minimum absolute atomic E-state index is 0.587. The Bertz CT molecular complexity index is 2840. The maximum absolute atomic E-state index is 6.68. The van der Waals surface area contributed by atoms with E-state index in [1.54, 1.807) is 0 Å². The molecule has 0 atom stereocenters. The fourth-order valence-electron chi connectivity index (χ4n) is 7.10. The molecule has 238 valence electrons. The first-order valence-electron chi connectivity index (χ1n) is 17.1. The molecule has 10 aromatic rings. The Morgan fingerprint density at radius 2 is 0.824 bits per heavy atom. The molecule has 0 saturated carbocycles. The molecule has 0 saturated heterocycles. The van der Waals surface area contributed by atoms with Crippen molar-refractivity contribution in [2.24, 2.45) is 0 Å². The highest BCUT2D eigenvalue weighted by Gasteiger charge is 2.19. The summed E-state index contributed by atoms with van der Waals surface area (Å²) in [7, 11) is 0. The Kier molecular flexibility index (Phi) is 6.78. The lowest BCUT2D eigenvalue weighted by atomic mass is 9.94. The molecule has 10 rings (SSSR count). The van der Waals surface area contributed by atoms with Crippen LogP contribution in [0.25, 0.3) is 99.9 Å². The third-order valence-corrected chi connectivity index (χ3v) is 9.68. The number of rotatable bonds is 5. The van der Waals surface area contributed by atoms with Crippen LogP contribution in [0, 0.1) is 0 Å². The Labute approximate surface area is 294 Å². The van der Waals surface area contributed by atoms with Crippen molar-refractivity contribution < 1.29 is 4.42 Å². The van der Waals surface area contributed by atoms with Crippen LogP contribution < -0.4 is 0 Å². The Balaban J connectivity index is 1.19. The zero-order chi connectivity index (χ0) is 33.7. The van der Waals surface area contributed by atoms with E-state index in [4.69, 9.17) is 19.4 Å². The van der Waals surface area contributed by atoms with Gasteiger partial charge in [-0.1, -0.05) is 146 Å². The lowest BCUT2D eigenvalue weighted by molar-refractivity contribution is 0.669. The van der Waals surface area contributed by atoms with Gasteiger partial charge in [0.25, 0.3) is 0 Å². The summed E-state index contributed by atoms with van der Waals surface area (Å²) in [4.78, 5) is 15.0. The highest BCUT2D eigenvalue weighted by Crippen LogP contribution is 2.42. The molecule has 0 aliphatic rings. The van der Waals surface area contributed by atoms with Crippen molar-refractivity contribution in [2.75, 3.05) is 0 Å². The van der Waals surface area contributed by atoms with E-state index < -0.39 is 0 Å². The van der Waals surface area contributed by atoms with Crippen molar-refractivity contribution in [3.05, 3.63) is 176 Å². The zero-order valence-corrected chi connectivity index (χ0v) is 27.5. The molecule has 0 spiro atoms. The predicted molar refractivity (Wildman–Crippen MR) is 209 cm³/mol.